The number of hydrogen-bond acceptors (Lipinski definition) is 3. The summed E-state index contributed by atoms with van der Waals surface area (Å²) in [7, 11) is 0. The van der Waals surface area contributed by atoms with Crippen molar-refractivity contribution < 1.29 is 23.5 Å². The normalized spacial score (nSPS) is 25.8. The molecular formula is C23H24Cl2F2N2O3. The monoisotopic (exact) mass is 484 g/mol. The van der Waals surface area contributed by atoms with E-state index in [4.69, 9.17) is 28.9 Å². The zero-order valence-electron chi connectivity index (χ0n) is 17.8. The van der Waals surface area contributed by atoms with Gasteiger partial charge in [0.2, 0.25) is 6.41 Å². The van der Waals surface area contributed by atoms with Gasteiger partial charge >= 0.3 is 5.97 Å². The second kappa shape index (κ2) is 8.61. The number of carbonyl (C=O) groups is 2. The number of nitrogens with zero attached hydrogens (tertiary/aromatic N) is 1. The molecule has 1 saturated heterocycles. The molecule has 0 unspecified atom stereocenters. The van der Waals surface area contributed by atoms with Crippen LogP contribution < -0.4 is 5.73 Å². The van der Waals surface area contributed by atoms with E-state index in [1.165, 1.54) is 30.3 Å². The van der Waals surface area contributed by atoms with Gasteiger partial charge in [-0.05, 0) is 35.6 Å². The highest BCUT2D eigenvalue weighted by molar-refractivity contribution is 6.31. The lowest BCUT2D eigenvalue weighted by molar-refractivity contribution is -0.146. The number of nitrogens with two attached hydrogens (primary N) is 1. The summed E-state index contributed by atoms with van der Waals surface area (Å²) in [5.74, 6) is -4.35. The van der Waals surface area contributed by atoms with Crippen LogP contribution in [0.2, 0.25) is 10.0 Å². The maximum atomic E-state index is 15.2. The number of carboxylic acids is 1. The molecule has 3 rings (SSSR count). The van der Waals surface area contributed by atoms with Crippen molar-refractivity contribution in [2.24, 2.45) is 11.1 Å². The largest absolute Gasteiger partial charge is 0.480 e. The molecule has 4 atom stereocenters. The number of hydrogen-bond donors (Lipinski definition) is 2. The van der Waals surface area contributed by atoms with Crippen molar-refractivity contribution in [2.75, 3.05) is 0 Å². The van der Waals surface area contributed by atoms with Gasteiger partial charge in [0.25, 0.3) is 0 Å². The number of benzene rings is 2. The minimum atomic E-state index is -1.79. The highest BCUT2D eigenvalue weighted by Gasteiger charge is 2.62. The number of aliphatic carboxylic acids is 1. The fourth-order valence-corrected chi connectivity index (χ4v) is 5.06. The summed E-state index contributed by atoms with van der Waals surface area (Å²) in [5.41, 5.74) is 4.53. The molecule has 5 nitrogen and oxygen atoms in total. The van der Waals surface area contributed by atoms with Crippen LogP contribution in [0, 0.1) is 17.0 Å². The van der Waals surface area contributed by atoms with Gasteiger partial charge in [-0.1, -0.05) is 62.2 Å². The number of carboxylic acid groups (broad SMARTS) is 1. The van der Waals surface area contributed by atoms with E-state index < -0.39 is 46.6 Å². The molecular weight excluding hydrogens is 461 g/mol. The first-order chi connectivity index (χ1) is 14.8. The molecule has 1 amide bonds. The Morgan fingerprint density at radius 1 is 1.25 bits per heavy atom. The van der Waals surface area contributed by atoms with E-state index in [-0.39, 0.29) is 27.6 Å². The van der Waals surface area contributed by atoms with Crippen LogP contribution in [0.25, 0.3) is 0 Å². The molecule has 2 aromatic carbocycles. The molecule has 3 N–H and O–H groups in total. The van der Waals surface area contributed by atoms with E-state index in [0.29, 0.717) is 6.41 Å². The van der Waals surface area contributed by atoms with Crippen LogP contribution in [0.4, 0.5) is 8.78 Å². The fourth-order valence-electron chi connectivity index (χ4n) is 4.72. The van der Waals surface area contributed by atoms with Crippen LogP contribution in [-0.4, -0.2) is 34.5 Å². The average molecular weight is 485 g/mol. The summed E-state index contributed by atoms with van der Waals surface area (Å²) in [6, 6.07) is 5.47. The Hall–Kier alpha value is -2.22. The average Bonchev–Trinajstić information content (AvgIpc) is 2.91. The van der Waals surface area contributed by atoms with E-state index in [0.717, 1.165) is 11.0 Å². The van der Waals surface area contributed by atoms with Gasteiger partial charge in [0, 0.05) is 16.5 Å². The van der Waals surface area contributed by atoms with Gasteiger partial charge in [0.05, 0.1) is 16.6 Å². The quantitative estimate of drug-likeness (QED) is 0.588. The van der Waals surface area contributed by atoms with Crippen LogP contribution in [0.1, 0.15) is 44.2 Å². The van der Waals surface area contributed by atoms with Gasteiger partial charge in [0.15, 0.2) is 0 Å². The van der Waals surface area contributed by atoms with E-state index in [9.17, 15) is 14.7 Å². The molecule has 32 heavy (non-hydrogen) atoms. The summed E-state index contributed by atoms with van der Waals surface area (Å²) in [5, 5.41) is 9.97. The van der Waals surface area contributed by atoms with Crippen LogP contribution in [0.15, 0.2) is 36.4 Å². The number of likely N-dealkylation sites (tertiary alicyclic amines) is 1. The molecule has 2 aromatic rings. The lowest BCUT2D eigenvalue weighted by Crippen LogP contribution is -2.53. The second-order valence-electron chi connectivity index (χ2n) is 9.29. The van der Waals surface area contributed by atoms with Crippen LogP contribution in [-0.2, 0) is 15.1 Å². The summed E-state index contributed by atoms with van der Waals surface area (Å²) >= 11 is 11.9. The van der Waals surface area contributed by atoms with Crippen molar-refractivity contribution in [2.45, 2.75) is 50.7 Å². The maximum Gasteiger partial charge on any atom is 0.327 e. The fraction of sp³-hybridized carbons (Fsp3) is 0.391. The molecule has 172 valence electrons. The standard InChI is InChI=1S/C23H24Cl2F2N2O3/c1-22(2,3)10-17-23(28,14-8-7-12(24)9-16(14)26)18(20(21(31)32)29(17)11-30)13-5-4-6-15(25)19(13)27/h4-9,11,17-18,20H,10,28H2,1-3H3,(H,31,32)/t17-,18-,20+,23+/m0/s1. The molecule has 9 heteroatoms. The third-order valence-electron chi connectivity index (χ3n) is 5.96. The summed E-state index contributed by atoms with van der Waals surface area (Å²) < 4.78 is 30.5. The van der Waals surface area contributed by atoms with E-state index in [2.05, 4.69) is 0 Å². The van der Waals surface area contributed by atoms with Gasteiger partial charge in [-0.15, -0.1) is 0 Å². The smallest absolute Gasteiger partial charge is 0.327 e. The minimum absolute atomic E-state index is 0.0591. The Balaban J connectivity index is 2.41. The summed E-state index contributed by atoms with van der Waals surface area (Å²) in [6.45, 7) is 5.66. The van der Waals surface area contributed by atoms with Crippen molar-refractivity contribution >= 4 is 35.6 Å². The number of rotatable bonds is 5. The van der Waals surface area contributed by atoms with Gasteiger partial charge < -0.3 is 15.7 Å². The van der Waals surface area contributed by atoms with Gasteiger partial charge in [-0.25, -0.2) is 13.6 Å². The number of halogens is 4. The lowest BCUT2D eigenvalue weighted by Gasteiger charge is -2.40. The van der Waals surface area contributed by atoms with Crippen LogP contribution >= 0.6 is 23.2 Å². The van der Waals surface area contributed by atoms with Crippen molar-refractivity contribution in [3.63, 3.8) is 0 Å². The highest BCUT2D eigenvalue weighted by atomic mass is 35.5. The zero-order chi connectivity index (χ0) is 24.0. The molecule has 0 radical (unpaired) electrons. The van der Waals surface area contributed by atoms with E-state index in [1.807, 2.05) is 20.8 Å². The Morgan fingerprint density at radius 3 is 2.44 bits per heavy atom. The van der Waals surface area contributed by atoms with Gasteiger partial charge in [-0.3, -0.25) is 4.79 Å². The van der Waals surface area contributed by atoms with Crippen molar-refractivity contribution in [1.29, 1.82) is 0 Å². The van der Waals surface area contributed by atoms with Gasteiger partial charge in [0.1, 0.15) is 17.7 Å². The number of carbonyl (C=O) groups excluding carboxylic acids is 1. The summed E-state index contributed by atoms with van der Waals surface area (Å²) in [6.07, 6.45) is 0.611. The van der Waals surface area contributed by atoms with Crippen molar-refractivity contribution in [3.05, 3.63) is 69.2 Å². The second-order valence-corrected chi connectivity index (χ2v) is 10.1. The first-order valence-electron chi connectivity index (χ1n) is 9.96. The first-order valence-corrected chi connectivity index (χ1v) is 10.7. The molecule has 1 aliphatic heterocycles. The highest BCUT2D eigenvalue weighted by Crippen LogP contribution is 2.53. The lowest BCUT2D eigenvalue weighted by atomic mass is 9.68. The minimum Gasteiger partial charge on any atom is -0.480 e. The third-order valence-corrected chi connectivity index (χ3v) is 6.48. The van der Waals surface area contributed by atoms with E-state index in [1.54, 1.807) is 0 Å². The first kappa shape index (κ1) is 24.4. The number of amides is 1. The Morgan fingerprint density at radius 2 is 1.91 bits per heavy atom. The predicted octanol–water partition coefficient (Wildman–Crippen LogP) is 4.94. The Bertz CT molecular complexity index is 1060. The molecule has 1 aliphatic rings. The topological polar surface area (TPSA) is 83.6 Å². The van der Waals surface area contributed by atoms with Crippen LogP contribution in [0.3, 0.4) is 0 Å². The maximum absolute atomic E-state index is 15.2. The van der Waals surface area contributed by atoms with E-state index >= 15 is 8.78 Å². The summed E-state index contributed by atoms with van der Waals surface area (Å²) in [4.78, 5) is 25.6. The Labute approximate surface area is 195 Å². The molecule has 0 saturated carbocycles. The third kappa shape index (κ3) is 4.09. The molecule has 0 aliphatic carbocycles. The molecule has 1 heterocycles. The van der Waals surface area contributed by atoms with Crippen molar-refractivity contribution in [1.82, 2.24) is 4.90 Å². The molecule has 0 spiro atoms. The van der Waals surface area contributed by atoms with Crippen LogP contribution in [0.5, 0.6) is 0 Å². The van der Waals surface area contributed by atoms with Crippen molar-refractivity contribution in [3.8, 4) is 0 Å². The molecule has 0 bridgehead atoms. The Kier molecular flexibility index (Phi) is 6.57. The molecule has 0 aromatic heterocycles. The predicted molar refractivity (Wildman–Crippen MR) is 119 cm³/mol. The SMILES string of the molecule is CC(C)(C)C[C@@H]1N(C=O)[C@@H](C(=O)O)[C@H](c2cccc(Cl)c2F)[C@@]1(N)c1ccc(Cl)cc1F. The van der Waals surface area contributed by atoms with Gasteiger partial charge in [-0.2, -0.15) is 0 Å². The zero-order valence-corrected chi connectivity index (χ0v) is 19.3. The molecule has 1 fully saturated rings.